The highest BCUT2D eigenvalue weighted by atomic mass is 32.1. The summed E-state index contributed by atoms with van der Waals surface area (Å²) in [5, 5.41) is 5.35. The minimum absolute atomic E-state index is 0.247. The standard InChI is InChI=1S/C19H22N6S/c1-13-6-8-14(9-7-13)21-19-23-17(22-18(20)24-19)12-25-10-2-4-15(25)16-5-3-11-26-16/h3,5-9,11,15H,2,4,10,12H2,1H3,(H3,20,21,22,23,24)/t15-/m0/s1. The molecule has 0 amide bonds. The number of anilines is 3. The zero-order valence-electron chi connectivity index (χ0n) is 14.7. The fourth-order valence-corrected chi connectivity index (χ4v) is 4.23. The van der Waals surface area contributed by atoms with E-state index in [-0.39, 0.29) is 5.95 Å². The first-order valence-electron chi connectivity index (χ1n) is 8.79. The van der Waals surface area contributed by atoms with E-state index in [0.29, 0.717) is 24.4 Å². The van der Waals surface area contributed by atoms with E-state index in [1.807, 2.05) is 35.6 Å². The second-order valence-electron chi connectivity index (χ2n) is 6.57. The minimum Gasteiger partial charge on any atom is -0.368 e. The van der Waals surface area contributed by atoms with Gasteiger partial charge in [0.05, 0.1) is 6.54 Å². The summed E-state index contributed by atoms with van der Waals surface area (Å²) < 4.78 is 0. The lowest BCUT2D eigenvalue weighted by molar-refractivity contribution is 0.245. The lowest BCUT2D eigenvalue weighted by Crippen LogP contribution is -2.24. The summed E-state index contributed by atoms with van der Waals surface area (Å²) in [4.78, 5) is 17.0. The van der Waals surface area contributed by atoms with Gasteiger partial charge >= 0.3 is 0 Å². The Hall–Kier alpha value is -2.51. The van der Waals surface area contributed by atoms with Crippen LogP contribution in [0.2, 0.25) is 0 Å². The van der Waals surface area contributed by atoms with E-state index in [1.165, 1.54) is 23.3 Å². The van der Waals surface area contributed by atoms with Crippen LogP contribution in [0.15, 0.2) is 41.8 Å². The van der Waals surface area contributed by atoms with Crippen LogP contribution >= 0.6 is 11.3 Å². The summed E-state index contributed by atoms with van der Waals surface area (Å²) in [6, 6.07) is 12.9. The molecule has 3 heterocycles. The van der Waals surface area contributed by atoms with Gasteiger partial charge in [0.1, 0.15) is 5.82 Å². The summed E-state index contributed by atoms with van der Waals surface area (Å²) in [5.41, 5.74) is 8.07. The highest BCUT2D eigenvalue weighted by molar-refractivity contribution is 7.10. The maximum Gasteiger partial charge on any atom is 0.232 e. The van der Waals surface area contributed by atoms with E-state index in [0.717, 1.165) is 12.2 Å². The summed E-state index contributed by atoms with van der Waals surface area (Å²) in [6.07, 6.45) is 2.37. The Balaban J connectivity index is 1.51. The first kappa shape index (κ1) is 16.9. The molecule has 1 aromatic carbocycles. The van der Waals surface area contributed by atoms with Crippen molar-refractivity contribution in [3.8, 4) is 0 Å². The maximum absolute atomic E-state index is 5.92. The first-order chi connectivity index (χ1) is 12.7. The topological polar surface area (TPSA) is 80.0 Å². The van der Waals surface area contributed by atoms with E-state index in [9.17, 15) is 0 Å². The quantitative estimate of drug-likeness (QED) is 0.713. The number of aromatic nitrogens is 3. The number of aryl methyl sites for hydroxylation is 1. The van der Waals surface area contributed by atoms with Crippen LogP contribution in [0.25, 0.3) is 0 Å². The number of likely N-dealkylation sites (tertiary alicyclic amines) is 1. The molecule has 7 heteroatoms. The van der Waals surface area contributed by atoms with Crippen molar-refractivity contribution in [1.82, 2.24) is 19.9 Å². The average molecular weight is 366 g/mol. The molecule has 0 unspecified atom stereocenters. The van der Waals surface area contributed by atoms with Crippen LogP contribution in [0.3, 0.4) is 0 Å². The molecule has 134 valence electrons. The second kappa shape index (κ2) is 7.39. The Morgan fingerprint density at radius 2 is 2.04 bits per heavy atom. The van der Waals surface area contributed by atoms with Crippen molar-refractivity contribution >= 4 is 28.9 Å². The number of nitrogen functional groups attached to an aromatic ring is 1. The van der Waals surface area contributed by atoms with E-state index < -0.39 is 0 Å². The molecule has 0 bridgehead atoms. The van der Waals surface area contributed by atoms with E-state index >= 15 is 0 Å². The highest BCUT2D eigenvalue weighted by Crippen LogP contribution is 2.35. The summed E-state index contributed by atoms with van der Waals surface area (Å²) in [5.74, 6) is 1.44. The Bertz CT molecular complexity index is 862. The molecule has 0 radical (unpaired) electrons. The molecule has 0 spiro atoms. The van der Waals surface area contributed by atoms with Gasteiger partial charge in [0.2, 0.25) is 11.9 Å². The molecule has 4 rings (SSSR count). The number of rotatable bonds is 5. The molecule has 1 aliphatic heterocycles. The summed E-state index contributed by atoms with van der Waals surface area (Å²) in [6.45, 7) is 3.79. The van der Waals surface area contributed by atoms with Crippen LogP contribution in [0.1, 0.15) is 35.1 Å². The predicted molar refractivity (Wildman–Crippen MR) is 105 cm³/mol. The molecular weight excluding hydrogens is 344 g/mol. The van der Waals surface area contributed by atoms with Crippen LogP contribution in [0.4, 0.5) is 17.6 Å². The number of nitrogens with zero attached hydrogens (tertiary/aromatic N) is 4. The van der Waals surface area contributed by atoms with Gasteiger partial charge in [-0.05, 0) is 49.9 Å². The Kier molecular flexibility index (Phi) is 4.81. The molecule has 0 aliphatic carbocycles. The molecule has 6 nitrogen and oxygen atoms in total. The molecule has 1 fully saturated rings. The fourth-order valence-electron chi connectivity index (χ4n) is 3.33. The normalized spacial score (nSPS) is 17.5. The molecule has 2 aromatic heterocycles. The largest absolute Gasteiger partial charge is 0.368 e. The summed E-state index contributed by atoms with van der Waals surface area (Å²) in [7, 11) is 0. The molecular formula is C19H22N6S. The van der Waals surface area contributed by atoms with Gasteiger partial charge in [0.15, 0.2) is 0 Å². The van der Waals surface area contributed by atoms with Crippen molar-refractivity contribution in [3.63, 3.8) is 0 Å². The van der Waals surface area contributed by atoms with Crippen molar-refractivity contribution in [2.75, 3.05) is 17.6 Å². The van der Waals surface area contributed by atoms with Crippen LogP contribution in [0, 0.1) is 6.92 Å². The SMILES string of the molecule is Cc1ccc(Nc2nc(N)nc(CN3CCC[C@H]3c3cccs3)n2)cc1. The van der Waals surface area contributed by atoms with Gasteiger partial charge in [-0.25, -0.2) is 0 Å². The van der Waals surface area contributed by atoms with Gasteiger partial charge in [0, 0.05) is 16.6 Å². The van der Waals surface area contributed by atoms with Crippen molar-refractivity contribution in [1.29, 1.82) is 0 Å². The molecule has 1 aliphatic rings. The lowest BCUT2D eigenvalue weighted by Gasteiger charge is -2.22. The Morgan fingerprint density at radius 3 is 2.81 bits per heavy atom. The van der Waals surface area contributed by atoms with Gasteiger partial charge < -0.3 is 11.1 Å². The van der Waals surface area contributed by atoms with Gasteiger partial charge in [-0.3, -0.25) is 4.90 Å². The number of nitrogens with one attached hydrogen (secondary N) is 1. The molecule has 26 heavy (non-hydrogen) atoms. The number of hydrogen-bond acceptors (Lipinski definition) is 7. The van der Waals surface area contributed by atoms with Gasteiger partial charge in [-0.1, -0.05) is 23.8 Å². The molecule has 0 saturated carbocycles. The first-order valence-corrected chi connectivity index (χ1v) is 9.67. The summed E-state index contributed by atoms with van der Waals surface area (Å²) >= 11 is 1.81. The van der Waals surface area contributed by atoms with Crippen molar-refractivity contribution < 1.29 is 0 Å². The van der Waals surface area contributed by atoms with Crippen molar-refractivity contribution in [2.24, 2.45) is 0 Å². The fraction of sp³-hybridized carbons (Fsp3) is 0.316. The number of thiophene rings is 1. The second-order valence-corrected chi connectivity index (χ2v) is 7.55. The van der Waals surface area contributed by atoms with Crippen LogP contribution in [-0.4, -0.2) is 26.4 Å². The third kappa shape index (κ3) is 3.84. The Morgan fingerprint density at radius 1 is 1.19 bits per heavy atom. The number of hydrogen-bond donors (Lipinski definition) is 2. The van der Waals surface area contributed by atoms with E-state index in [2.05, 4.69) is 49.6 Å². The zero-order chi connectivity index (χ0) is 17.9. The van der Waals surface area contributed by atoms with Crippen LogP contribution < -0.4 is 11.1 Å². The predicted octanol–water partition coefficient (Wildman–Crippen LogP) is 3.90. The third-order valence-corrected chi connectivity index (χ3v) is 5.56. The monoisotopic (exact) mass is 366 g/mol. The van der Waals surface area contributed by atoms with E-state index in [1.54, 1.807) is 0 Å². The van der Waals surface area contributed by atoms with Gasteiger partial charge in [-0.15, -0.1) is 11.3 Å². The highest BCUT2D eigenvalue weighted by Gasteiger charge is 2.27. The van der Waals surface area contributed by atoms with E-state index in [4.69, 9.17) is 5.73 Å². The molecule has 3 aromatic rings. The van der Waals surface area contributed by atoms with Gasteiger partial charge in [0.25, 0.3) is 0 Å². The zero-order valence-corrected chi connectivity index (χ0v) is 15.5. The van der Waals surface area contributed by atoms with Crippen molar-refractivity contribution in [2.45, 2.75) is 32.4 Å². The average Bonchev–Trinajstić information content (AvgIpc) is 3.27. The number of nitrogens with two attached hydrogens (primary N) is 1. The van der Waals surface area contributed by atoms with Crippen LogP contribution in [-0.2, 0) is 6.54 Å². The lowest BCUT2D eigenvalue weighted by atomic mass is 10.2. The van der Waals surface area contributed by atoms with Gasteiger partial charge in [-0.2, -0.15) is 15.0 Å². The third-order valence-electron chi connectivity index (χ3n) is 4.59. The minimum atomic E-state index is 0.247. The van der Waals surface area contributed by atoms with Crippen LogP contribution in [0.5, 0.6) is 0 Å². The Labute approximate surface area is 157 Å². The molecule has 3 N–H and O–H groups in total. The molecule has 1 saturated heterocycles. The van der Waals surface area contributed by atoms with Crippen molar-refractivity contribution in [3.05, 3.63) is 58.0 Å². The number of benzene rings is 1. The maximum atomic E-state index is 5.92. The smallest absolute Gasteiger partial charge is 0.232 e. The molecule has 1 atom stereocenters.